The van der Waals surface area contributed by atoms with Gasteiger partial charge in [0, 0.05) is 11.2 Å². The predicted molar refractivity (Wildman–Crippen MR) is 59.6 cm³/mol. The van der Waals surface area contributed by atoms with Crippen LogP contribution in [-0.2, 0) is 5.41 Å². The van der Waals surface area contributed by atoms with Crippen molar-refractivity contribution in [2.45, 2.75) is 25.2 Å². The molecule has 0 unspecified atom stereocenters. The summed E-state index contributed by atoms with van der Waals surface area (Å²) in [6.07, 6.45) is 2.02. The topological polar surface area (TPSA) is 39.6 Å². The van der Waals surface area contributed by atoms with Crippen molar-refractivity contribution in [3.05, 3.63) is 35.5 Å². The Labute approximate surface area is 88.5 Å². The molecule has 1 aromatic carbocycles. The number of aromatic amines is 1. The molecule has 74 valence electrons. The van der Waals surface area contributed by atoms with Crippen LogP contribution in [0.25, 0.3) is 10.9 Å². The van der Waals surface area contributed by atoms with Crippen LogP contribution >= 0.6 is 0 Å². The van der Waals surface area contributed by atoms with Gasteiger partial charge in [-0.1, -0.05) is 6.07 Å². The fraction of sp³-hybridized carbons (Fsp3) is 0.308. The summed E-state index contributed by atoms with van der Waals surface area (Å²) in [4.78, 5) is 3.29. The number of hydrogen-bond donors (Lipinski definition) is 1. The molecule has 1 aromatic heterocycles. The lowest BCUT2D eigenvalue weighted by atomic mass is 9.97. The Hall–Kier alpha value is -1.75. The van der Waals surface area contributed by atoms with Gasteiger partial charge in [-0.05, 0) is 48.9 Å². The van der Waals surface area contributed by atoms with E-state index < -0.39 is 0 Å². The molecule has 1 heterocycles. The van der Waals surface area contributed by atoms with Gasteiger partial charge in [-0.25, -0.2) is 0 Å². The normalized spacial score (nSPS) is 17.6. The van der Waals surface area contributed by atoms with Gasteiger partial charge >= 0.3 is 0 Å². The largest absolute Gasteiger partial charge is 0.359 e. The quantitative estimate of drug-likeness (QED) is 0.748. The van der Waals surface area contributed by atoms with Gasteiger partial charge in [0.25, 0.3) is 0 Å². The minimum Gasteiger partial charge on any atom is -0.359 e. The Kier molecular flexibility index (Phi) is 1.50. The van der Waals surface area contributed by atoms with Crippen molar-refractivity contribution in [2.75, 3.05) is 0 Å². The highest BCUT2D eigenvalue weighted by molar-refractivity contribution is 5.81. The zero-order chi connectivity index (χ0) is 10.5. The highest BCUT2D eigenvalue weighted by Crippen LogP contribution is 2.47. The summed E-state index contributed by atoms with van der Waals surface area (Å²) in [6.45, 7) is 2.05. The number of benzene rings is 1. The van der Waals surface area contributed by atoms with Crippen LogP contribution in [0.3, 0.4) is 0 Å². The second-order valence-electron chi connectivity index (χ2n) is 4.45. The number of fused-ring (bicyclic) bond motifs is 1. The molecule has 0 radical (unpaired) electrons. The van der Waals surface area contributed by atoms with E-state index in [-0.39, 0.29) is 5.41 Å². The van der Waals surface area contributed by atoms with E-state index in [2.05, 4.69) is 42.2 Å². The fourth-order valence-corrected chi connectivity index (χ4v) is 2.17. The lowest BCUT2D eigenvalue weighted by Gasteiger charge is -2.05. The first-order valence-corrected chi connectivity index (χ1v) is 5.25. The third kappa shape index (κ3) is 1.16. The first-order chi connectivity index (χ1) is 7.23. The molecule has 0 atom stereocenters. The van der Waals surface area contributed by atoms with Gasteiger partial charge < -0.3 is 4.98 Å². The van der Waals surface area contributed by atoms with Crippen molar-refractivity contribution in [3.8, 4) is 6.07 Å². The third-order valence-electron chi connectivity index (χ3n) is 3.27. The van der Waals surface area contributed by atoms with Crippen molar-refractivity contribution in [2.24, 2.45) is 0 Å². The average molecular weight is 196 g/mol. The predicted octanol–water partition coefficient (Wildman–Crippen LogP) is 3.03. The molecule has 1 N–H and O–H groups in total. The molecule has 3 rings (SSSR count). The van der Waals surface area contributed by atoms with Crippen LogP contribution in [0.15, 0.2) is 24.3 Å². The molecule has 1 aliphatic carbocycles. The molecule has 0 saturated heterocycles. The van der Waals surface area contributed by atoms with Gasteiger partial charge in [-0.15, -0.1) is 0 Å². The lowest BCUT2D eigenvalue weighted by molar-refractivity contribution is 0.911. The maximum atomic E-state index is 9.13. The Balaban J connectivity index is 2.18. The molecule has 0 amide bonds. The highest BCUT2D eigenvalue weighted by atomic mass is 14.7. The maximum Gasteiger partial charge on any atom is 0.0824 e. The number of nitrogens with one attached hydrogen (secondary N) is 1. The standard InChI is InChI=1S/C13H12N2/c1-9-6-10-7-11(2-3-12(10)15-9)13(8-14)4-5-13/h2-3,6-7,15H,4-5H2,1H3. The molecule has 0 bridgehead atoms. The molecule has 2 heteroatoms. The zero-order valence-electron chi connectivity index (χ0n) is 8.67. The minimum atomic E-state index is -0.167. The van der Waals surface area contributed by atoms with Gasteiger partial charge in [-0.2, -0.15) is 5.26 Å². The van der Waals surface area contributed by atoms with Gasteiger partial charge in [0.05, 0.1) is 11.5 Å². The SMILES string of the molecule is Cc1cc2cc(C3(C#N)CC3)ccc2[nH]1. The number of aromatic nitrogens is 1. The summed E-state index contributed by atoms with van der Waals surface area (Å²) in [5.74, 6) is 0. The summed E-state index contributed by atoms with van der Waals surface area (Å²) in [5.41, 5.74) is 3.34. The van der Waals surface area contributed by atoms with E-state index in [1.807, 2.05) is 0 Å². The van der Waals surface area contributed by atoms with Crippen molar-refractivity contribution >= 4 is 10.9 Å². The smallest absolute Gasteiger partial charge is 0.0824 e. The molecular weight excluding hydrogens is 184 g/mol. The number of H-pyrrole nitrogens is 1. The molecule has 0 aliphatic heterocycles. The van der Waals surface area contributed by atoms with Crippen LogP contribution in [0.1, 0.15) is 24.1 Å². The number of nitrogens with zero attached hydrogens (tertiary/aromatic N) is 1. The lowest BCUT2D eigenvalue weighted by Crippen LogP contribution is -2.01. The van der Waals surface area contributed by atoms with Crippen molar-refractivity contribution in [1.82, 2.24) is 4.98 Å². The Morgan fingerprint density at radius 3 is 2.80 bits per heavy atom. The Morgan fingerprint density at radius 1 is 1.33 bits per heavy atom. The summed E-state index contributed by atoms with van der Waals surface area (Å²) in [6, 6.07) is 10.9. The molecule has 1 saturated carbocycles. The number of hydrogen-bond acceptors (Lipinski definition) is 1. The Bertz CT molecular complexity index is 568. The van der Waals surface area contributed by atoms with Crippen LogP contribution < -0.4 is 0 Å². The van der Waals surface area contributed by atoms with Crippen LogP contribution in [0, 0.1) is 18.3 Å². The van der Waals surface area contributed by atoms with Gasteiger partial charge in [0.15, 0.2) is 0 Å². The summed E-state index contributed by atoms with van der Waals surface area (Å²) >= 11 is 0. The van der Waals surface area contributed by atoms with E-state index in [0.717, 1.165) is 18.4 Å². The number of rotatable bonds is 1. The van der Waals surface area contributed by atoms with Crippen LogP contribution in [0.4, 0.5) is 0 Å². The van der Waals surface area contributed by atoms with E-state index in [9.17, 15) is 0 Å². The van der Waals surface area contributed by atoms with E-state index in [1.54, 1.807) is 0 Å². The molecular formula is C13H12N2. The highest BCUT2D eigenvalue weighted by Gasteiger charge is 2.44. The molecule has 0 spiro atoms. The molecule has 15 heavy (non-hydrogen) atoms. The van der Waals surface area contributed by atoms with E-state index in [1.165, 1.54) is 16.6 Å². The third-order valence-corrected chi connectivity index (χ3v) is 3.27. The van der Waals surface area contributed by atoms with Crippen molar-refractivity contribution in [3.63, 3.8) is 0 Å². The molecule has 2 aromatic rings. The van der Waals surface area contributed by atoms with Crippen LogP contribution in [-0.4, -0.2) is 4.98 Å². The van der Waals surface area contributed by atoms with Gasteiger partial charge in [-0.3, -0.25) is 0 Å². The first kappa shape index (κ1) is 8.55. The van der Waals surface area contributed by atoms with Crippen molar-refractivity contribution < 1.29 is 0 Å². The molecule has 2 nitrogen and oxygen atoms in total. The van der Waals surface area contributed by atoms with Crippen LogP contribution in [0.2, 0.25) is 0 Å². The molecule has 1 aliphatic rings. The monoisotopic (exact) mass is 196 g/mol. The fourth-order valence-electron chi connectivity index (χ4n) is 2.17. The summed E-state index contributed by atoms with van der Waals surface area (Å²) < 4.78 is 0. The van der Waals surface area contributed by atoms with Gasteiger partial charge in [0.2, 0.25) is 0 Å². The number of aryl methyl sites for hydroxylation is 1. The second-order valence-corrected chi connectivity index (χ2v) is 4.45. The van der Waals surface area contributed by atoms with Crippen molar-refractivity contribution in [1.29, 1.82) is 5.26 Å². The average Bonchev–Trinajstić information content (AvgIpc) is 2.94. The van der Waals surface area contributed by atoms with Crippen LogP contribution in [0.5, 0.6) is 0 Å². The first-order valence-electron chi connectivity index (χ1n) is 5.25. The van der Waals surface area contributed by atoms with E-state index in [4.69, 9.17) is 5.26 Å². The summed E-state index contributed by atoms with van der Waals surface area (Å²) in [7, 11) is 0. The van der Waals surface area contributed by atoms with E-state index in [0.29, 0.717) is 0 Å². The molecule has 1 fully saturated rings. The number of nitriles is 1. The second kappa shape index (κ2) is 2.64. The zero-order valence-corrected chi connectivity index (χ0v) is 8.67. The summed E-state index contributed by atoms with van der Waals surface area (Å²) in [5, 5.41) is 10.3. The van der Waals surface area contributed by atoms with Gasteiger partial charge in [0.1, 0.15) is 0 Å². The Morgan fingerprint density at radius 2 is 2.13 bits per heavy atom. The maximum absolute atomic E-state index is 9.13. The van der Waals surface area contributed by atoms with E-state index >= 15 is 0 Å². The minimum absolute atomic E-state index is 0.167.